The molecule has 0 spiro atoms. The Morgan fingerprint density at radius 3 is 1.96 bits per heavy atom. The lowest BCUT2D eigenvalue weighted by Gasteiger charge is -2.27. The molecule has 7 N–H and O–H groups in total. The fourth-order valence-electron chi connectivity index (χ4n) is 5.53. The average molecular weight is 682 g/mol. The number of carbonyl (C=O) groups excluding carboxylic acids is 5. The Labute approximate surface area is 285 Å². The van der Waals surface area contributed by atoms with Gasteiger partial charge in [0, 0.05) is 18.9 Å². The highest BCUT2D eigenvalue weighted by Gasteiger charge is 2.33. The minimum absolute atomic E-state index is 0.0111. The Balaban J connectivity index is 1.71. The number of alkyl carbamates (subject to hydrolysis) is 1. The van der Waals surface area contributed by atoms with Crippen LogP contribution in [0.1, 0.15) is 77.3 Å². The van der Waals surface area contributed by atoms with Crippen molar-refractivity contribution in [2.45, 2.75) is 89.9 Å². The molecule has 14 nitrogen and oxygen atoms in total. The number of hydrogen-bond acceptors (Lipinski definition) is 8. The Morgan fingerprint density at radius 1 is 0.837 bits per heavy atom. The number of fused-ring (bicyclic) bond motifs is 3. The van der Waals surface area contributed by atoms with Crippen molar-refractivity contribution in [1.82, 2.24) is 21.3 Å². The SMILES string of the molecule is CC(C)C(NC(=O)C(CCC(=O)OC(C)(C)C)NC(=O)OCC1c2ccccc2-c2ccccc21)C(=O)NC(CCCNC(N)=O)C(=O)O. The normalized spacial score (nSPS) is 14.0. The zero-order valence-corrected chi connectivity index (χ0v) is 28.5. The van der Waals surface area contributed by atoms with Gasteiger partial charge in [0.05, 0.1) is 0 Å². The predicted molar refractivity (Wildman–Crippen MR) is 180 cm³/mol. The molecule has 3 unspecified atom stereocenters. The van der Waals surface area contributed by atoms with E-state index >= 15 is 0 Å². The molecular formula is C35H47N5O9. The summed E-state index contributed by atoms with van der Waals surface area (Å²) in [7, 11) is 0. The summed E-state index contributed by atoms with van der Waals surface area (Å²) in [6, 6.07) is 11.1. The standard InChI is InChI=1S/C35H47N5O9/c1-20(2)29(31(43)38-27(32(44)45)15-10-18-37-33(36)46)40-30(42)26(16-17-28(41)49-35(3,4)5)39-34(47)48-19-25-23-13-8-6-11-21(23)22-12-7-9-14-24(22)25/h6-9,11-14,20,25-27,29H,10,15-19H2,1-5H3,(H,38,43)(H,39,47)(H,40,42)(H,44,45)(H3,36,37,46). The topological polar surface area (TPSA) is 215 Å². The smallest absolute Gasteiger partial charge is 0.407 e. The summed E-state index contributed by atoms with van der Waals surface area (Å²) in [5.74, 6) is -4.14. The van der Waals surface area contributed by atoms with Gasteiger partial charge in [0.25, 0.3) is 0 Å². The van der Waals surface area contributed by atoms with Crippen molar-refractivity contribution < 1.29 is 43.3 Å². The second-order valence-electron chi connectivity index (χ2n) is 13.2. The predicted octanol–water partition coefficient (Wildman–Crippen LogP) is 3.17. The Hall–Kier alpha value is -5.14. The second kappa shape index (κ2) is 17.3. The van der Waals surface area contributed by atoms with Crippen molar-refractivity contribution in [3.05, 3.63) is 59.7 Å². The van der Waals surface area contributed by atoms with Crippen LogP contribution in [0.5, 0.6) is 0 Å². The maximum atomic E-state index is 13.6. The molecule has 49 heavy (non-hydrogen) atoms. The summed E-state index contributed by atoms with van der Waals surface area (Å²) in [5, 5.41) is 19.6. The maximum Gasteiger partial charge on any atom is 0.407 e. The van der Waals surface area contributed by atoms with Gasteiger partial charge < -0.3 is 41.6 Å². The number of amides is 5. The lowest BCUT2D eigenvalue weighted by atomic mass is 9.98. The van der Waals surface area contributed by atoms with Crippen LogP contribution in [0.3, 0.4) is 0 Å². The molecule has 0 radical (unpaired) electrons. The zero-order chi connectivity index (χ0) is 36.3. The molecule has 0 saturated carbocycles. The van der Waals surface area contributed by atoms with E-state index in [0.717, 1.165) is 22.3 Å². The highest BCUT2D eigenvalue weighted by atomic mass is 16.6. The average Bonchev–Trinajstić information content (AvgIpc) is 3.34. The number of urea groups is 1. The van der Waals surface area contributed by atoms with E-state index in [1.54, 1.807) is 34.6 Å². The van der Waals surface area contributed by atoms with E-state index in [0.29, 0.717) is 0 Å². The Bertz CT molecular complexity index is 1480. The first-order chi connectivity index (χ1) is 23.1. The third kappa shape index (κ3) is 11.5. The van der Waals surface area contributed by atoms with E-state index in [4.69, 9.17) is 15.2 Å². The first-order valence-electron chi connectivity index (χ1n) is 16.3. The first kappa shape index (κ1) is 38.3. The van der Waals surface area contributed by atoms with Crippen LogP contribution in [0.4, 0.5) is 9.59 Å². The highest BCUT2D eigenvalue weighted by Crippen LogP contribution is 2.44. The lowest BCUT2D eigenvalue weighted by molar-refractivity contribution is -0.155. The molecule has 0 aromatic heterocycles. The number of aliphatic carboxylic acids is 1. The number of carboxylic acids is 1. The number of primary amides is 1. The Kier molecular flexibility index (Phi) is 13.5. The van der Waals surface area contributed by atoms with Crippen molar-refractivity contribution >= 4 is 35.9 Å². The van der Waals surface area contributed by atoms with Gasteiger partial charge in [0.2, 0.25) is 11.8 Å². The van der Waals surface area contributed by atoms with E-state index in [2.05, 4.69) is 21.3 Å². The van der Waals surface area contributed by atoms with Gasteiger partial charge in [-0.25, -0.2) is 14.4 Å². The van der Waals surface area contributed by atoms with Crippen LogP contribution in [0.15, 0.2) is 48.5 Å². The first-order valence-corrected chi connectivity index (χ1v) is 16.3. The molecule has 1 aliphatic carbocycles. The molecule has 3 rings (SSSR count). The third-order valence-electron chi connectivity index (χ3n) is 7.84. The van der Waals surface area contributed by atoms with Crippen LogP contribution in [0, 0.1) is 5.92 Å². The number of rotatable bonds is 16. The minimum atomic E-state index is -1.30. The van der Waals surface area contributed by atoms with Crippen molar-refractivity contribution in [3.8, 4) is 11.1 Å². The molecule has 0 heterocycles. The quantitative estimate of drug-likeness (QED) is 0.113. The lowest BCUT2D eigenvalue weighted by Crippen LogP contribution is -2.57. The zero-order valence-electron chi connectivity index (χ0n) is 28.5. The summed E-state index contributed by atoms with van der Waals surface area (Å²) in [6.07, 6.45) is -1.08. The van der Waals surface area contributed by atoms with Gasteiger partial charge in [-0.2, -0.15) is 0 Å². The highest BCUT2D eigenvalue weighted by molar-refractivity contribution is 5.93. The van der Waals surface area contributed by atoms with E-state index in [1.165, 1.54) is 0 Å². The summed E-state index contributed by atoms with van der Waals surface area (Å²) in [5.41, 5.74) is 8.37. The number of carboxylic acid groups (broad SMARTS) is 1. The number of ether oxygens (including phenoxy) is 2. The van der Waals surface area contributed by atoms with Crippen molar-refractivity contribution in [2.24, 2.45) is 11.7 Å². The summed E-state index contributed by atoms with van der Waals surface area (Å²) < 4.78 is 11.0. The summed E-state index contributed by atoms with van der Waals surface area (Å²) in [6.45, 7) is 8.53. The van der Waals surface area contributed by atoms with Crippen LogP contribution in [-0.4, -0.2) is 77.9 Å². The van der Waals surface area contributed by atoms with E-state index in [-0.39, 0.29) is 44.8 Å². The van der Waals surface area contributed by atoms with Crippen LogP contribution < -0.4 is 27.0 Å². The van der Waals surface area contributed by atoms with Gasteiger partial charge in [-0.05, 0) is 68.2 Å². The molecule has 3 atom stereocenters. The van der Waals surface area contributed by atoms with Crippen LogP contribution in [0.25, 0.3) is 11.1 Å². The van der Waals surface area contributed by atoms with E-state index in [9.17, 15) is 33.9 Å². The van der Waals surface area contributed by atoms with Crippen LogP contribution >= 0.6 is 0 Å². The summed E-state index contributed by atoms with van der Waals surface area (Å²) in [4.78, 5) is 75.2. The van der Waals surface area contributed by atoms with Gasteiger partial charge in [0.15, 0.2) is 0 Å². The van der Waals surface area contributed by atoms with Gasteiger partial charge in [-0.15, -0.1) is 0 Å². The van der Waals surface area contributed by atoms with Gasteiger partial charge in [-0.3, -0.25) is 14.4 Å². The maximum absolute atomic E-state index is 13.6. The third-order valence-corrected chi connectivity index (χ3v) is 7.84. The van der Waals surface area contributed by atoms with Crippen molar-refractivity contribution in [3.63, 3.8) is 0 Å². The molecule has 5 amide bonds. The number of esters is 1. The fourth-order valence-corrected chi connectivity index (χ4v) is 5.53. The number of hydrogen-bond donors (Lipinski definition) is 6. The molecule has 2 aromatic rings. The second-order valence-corrected chi connectivity index (χ2v) is 13.2. The largest absolute Gasteiger partial charge is 0.480 e. The van der Waals surface area contributed by atoms with E-state index in [1.807, 2.05) is 48.5 Å². The van der Waals surface area contributed by atoms with Crippen molar-refractivity contribution in [1.29, 1.82) is 0 Å². The molecule has 14 heteroatoms. The monoisotopic (exact) mass is 681 g/mol. The number of carbonyl (C=O) groups is 6. The molecule has 1 aliphatic rings. The fraction of sp³-hybridized carbons (Fsp3) is 0.486. The van der Waals surface area contributed by atoms with Gasteiger partial charge in [-0.1, -0.05) is 62.4 Å². The number of nitrogens with one attached hydrogen (secondary N) is 4. The van der Waals surface area contributed by atoms with Gasteiger partial charge in [0.1, 0.15) is 30.3 Å². The molecular weight excluding hydrogens is 634 g/mol. The molecule has 266 valence electrons. The Morgan fingerprint density at radius 2 is 1.43 bits per heavy atom. The van der Waals surface area contributed by atoms with Crippen molar-refractivity contribution in [2.75, 3.05) is 13.2 Å². The molecule has 2 aromatic carbocycles. The van der Waals surface area contributed by atoms with Crippen LogP contribution in [0.2, 0.25) is 0 Å². The number of nitrogens with two attached hydrogens (primary N) is 1. The van der Waals surface area contributed by atoms with E-state index < -0.39 is 65.5 Å². The molecule has 0 bridgehead atoms. The van der Waals surface area contributed by atoms with Gasteiger partial charge >= 0.3 is 24.1 Å². The minimum Gasteiger partial charge on any atom is -0.480 e. The number of benzene rings is 2. The van der Waals surface area contributed by atoms with Crippen LogP contribution in [-0.2, 0) is 28.7 Å². The molecule has 0 fully saturated rings. The molecule has 0 saturated heterocycles. The molecule has 0 aliphatic heterocycles. The summed E-state index contributed by atoms with van der Waals surface area (Å²) >= 11 is 0.